The zero-order chi connectivity index (χ0) is 29.6. The van der Waals surface area contributed by atoms with Gasteiger partial charge in [-0.15, -0.1) is 5.10 Å². The molecule has 14 heteroatoms. The van der Waals surface area contributed by atoms with E-state index in [-0.39, 0.29) is 26.9 Å². The highest BCUT2D eigenvalue weighted by atomic mass is 35.5. The minimum Gasteiger partial charge on any atom is -0.394 e. The van der Waals surface area contributed by atoms with Crippen molar-refractivity contribution < 1.29 is 38.4 Å². The average Bonchev–Trinajstić information content (AvgIpc) is 3.42. The topological polar surface area (TPSA) is 130 Å². The number of nitrogens with zero attached hydrogens (tertiary/aromatic N) is 4. The van der Waals surface area contributed by atoms with Crippen LogP contribution < -0.4 is 4.90 Å². The summed E-state index contributed by atoms with van der Waals surface area (Å²) in [7, 11) is 1.31. The van der Waals surface area contributed by atoms with Gasteiger partial charge in [0.25, 0.3) is 5.91 Å². The summed E-state index contributed by atoms with van der Waals surface area (Å²) in [6.45, 7) is 0.658. The number of ether oxygens (including phenoxy) is 2. The number of amides is 1. The number of aliphatic hydroxyl groups excluding tert-OH is 3. The van der Waals surface area contributed by atoms with Crippen molar-refractivity contribution in [2.24, 2.45) is 0 Å². The number of aromatic nitrogens is 3. The van der Waals surface area contributed by atoms with Crippen molar-refractivity contribution in [1.82, 2.24) is 15.0 Å². The summed E-state index contributed by atoms with van der Waals surface area (Å²) in [5.74, 6) is -2.15. The van der Waals surface area contributed by atoms with Crippen LogP contribution in [0.1, 0.15) is 24.4 Å². The molecule has 220 valence electrons. The Hall–Kier alpha value is -2.71. The third-order valence-corrected chi connectivity index (χ3v) is 8.11. The summed E-state index contributed by atoms with van der Waals surface area (Å²) in [6.07, 6.45) is -3.71. The van der Waals surface area contributed by atoms with Crippen molar-refractivity contribution in [1.29, 1.82) is 0 Å². The minimum atomic E-state index is -1.42. The minimum absolute atomic E-state index is 0.104. The summed E-state index contributed by atoms with van der Waals surface area (Å²) in [5.41, 5.74) is 0.397. The molecule has 0 spiro atoms. The smallest absolute Gasteiger partial charge is 0.259 e. The number of halogens is 4. The van der Waals surface area contributed by atoms with Crippen LogP contribution in [0.25, 0.3) is 11.3 Å². The van der Waals surface area contributed by atoms with E-state index in [4.69, 9.17) is 32.7 Å². The number of methoxy groups -OCH3 is 1. The maximum absolute atomic E-state index is 14.2. The first-order chi connectivity index (χ1) is 19.5. The quantitative estimate of drug-likeness (QED) is 0.371. The van der Waals surface area contributed by atoms with Gasteiger partial charge in [-0.3, -0.25) is 4.79 Å². The van der Waals surface area contributed by atoms with Crippen LogP contribution in [-0.4, -0.2) is 86.5 Å². The molecule has 0 bridgehead atoms. The fourth-order valence-corrected chi connectivity index (χ4v) is 5.79. The van der Waals surface area contributed by atoms with Gasteiger partial charge in [0.1, 0.15) is 41.7 Å². The van der Waals surface area contributed by atoms with Crippen molar-refractivity contribution in [3.05, 3.63) is 63.8 Å². The lowest BCUT2D eigenvalue weighted by Crippen LogP contribution is -2.64. The Labute approximate surface area is 244 Å². The molecular formula is C27H28Cl2F2N4O6. The Morgan fingerprint density at radius 3 is 2.34 bits per heavy atom. The van der Waals surface area contributed by atoms with Crippen LogP contribution in [0.15, 0.2) is 36.5 Å². The number of aliphatic hydroxyl groups is 3. The molecule has 3 N–H and O–H groups in total. The van der Waals surface area contributed by atoms with Crippen LogP contribution in [0.2, 0.25) is 10.0 Å². The van der Waals surface area contributed by atoms with Gasteiger partial charge in [0.05, 0.1) is 24.9 Å². The highest BCUT2D eigenvalue weighted by Gasteiger charge is 2.52. The first-order valence-corrected chi connectivity index (χ1v) is 13.6. The molecule has 1 amide bonds. The molecule has 1 aliphatic carbocycles. The van der Waals surface area contributed by atoms with E-state index in [1.54, 1.807) is 0 Å². The average molecular weight is 613 g/mol. The Morgan fingerprint density at radius 1 is 1.15 bits per heavy atom. The number of rotatable bonds is 7. The van der Waals surface area contributed by atoms with E-state index in [1.165, 1.54) is 48.0 Å². The van der Waals surface area contributed by atoms with Crippen molar-refractivity contribution in [3.8, 4) is 11.3 Å². The predicted molar refractivity (Wildman–Crippen MR) is 145 cm³/mol. The molecule has 3 aromatic rings. The third kappa shape index (κ3) is 5.57. The van der Waals surface area contributed by atoms with Gasteiger partial charge < -0.3 is 29.7 Å². The van der Waals surface area contributed by atoms with Crippen molar-refractivity contribution in [3.63, 3.8) is 0 Å². The molecular weight excluding hydrogens is 585 g/mol. The zero-order valence-electron chi connectivity index (χ0n) is 22.0. The fraction of sp³-hybridized carbons (Fsp3) is 0.444. The number of carbonyl (C=O) groups excluding carboxylic acids is 1. The van der Waals surface area contributed by atoms with Crippen molar-refractivity contribution in [2.75, 3.05) is 18.6 Å². The Balaban J connectivity index is 1.53. The van der Waals surface area contributed by atoms with Crippen LogP contribution in [0, 0.1) is 18.6 Å². The molecule has 5 unspecified atom stereocenters. The van der Waals surface area contributed by atoms with Crippen molar-refractivity contribution in [2.45, 2.75) is 62.4 Å². The molecule has 1 saturated heterocycles. The van der Waals surface area contributed by atoms with Gasteiger partial charge in [-0.25, -0.2) is 13.5 Å². The van der Waals surface area contributed by atoms with Crippen molar-refractivity contribution >= 4 is 34.8 Å². The Kier molecular flexibility index (Phi) is 8.63. The lowest BCUT2D eigenvalue weighted by Gasteiger charge is -2.47. The summed E-state index contributed by atoms with van der Waals surface area (Å²) in [6, 6.07) is 5.06. The van der Waals surface area contributed by atoms with E-state index in [1.807, 2.05) is 0 Å². The van der Waals surface area contributed by atoms with E-state index in [9.17, 15) is 28.9 Å². The zero-order valence-corrected chi connectivity index (χ0v) is 23.5. The van der Waals surface area contributed by atoms with E-state index in [0.29, 0.717) is 18.5 Å². The maximum Gasteiger partial charge on any atom is 0.259 e. The molecule has 1 aliphatic heterocycles. The van der Waals surface area contributed by atoms with Crippen LogP contribution in [0.4, 0.5) is 14.5 Å². The summed E-state index contributed by atoms with van der Waals surface area (Å²) in [4.78, 5) is 15.5. The molecule has 5 rings (SSSR count). The van der Waals surface area contributed by atoms with E-state index in [2.05, 4.69) is 10.3 Å². The predicted octanol–water partition coefficient (Wildman–Crippen LogP) is 3.07. The first-order valence-electron chi connectivity index (χ1n) is 12.9. The van der Waals surface area contributed by atoms with Crippen LogP contribution >= 0.6 is 23.2 Å². The normalized spacial score (nSPS) is 27.9. The Morgan fingerprint density at radius 2 is 1.80 bits per heavy atom. The highest BCUT2D eigenvalue weighted by molar-refractivity contribution is 6.35. The summed E-state index contributed by atoms with van der Waals surface area (Å²) < 4.78 is 41.2. The summed E-state index contributed by atoms with van der Waals surface area (Å²) >= 11 is 12.4. The monoisotopic (exact) mass is 612 g/mol. The molecule has 2 aliphatic rings. The molecule has 41 heavy (non-hydrogen) atoms. The molecule has 1 saturated carbocycles. The van der Waals surface area contributed by atoms with Gasteiger partial charge >= 0.3 is 0 Å². The second kappa shape index (κ2) is 11.9. The molecule has 2 heterocycles. The van der Waals surface area contributed by atoms with Gasteiger partial charge in [0.15, 0.2) is 6.10 Å². The van der Waals surface area contributed by atoms with Gasteiger partial charge in [-0.1, -0.05) is 28.4 Å². The number of benzene rings is 2. The second-order valence-corrected chi connectivity index (χ2v) is 11.0. The lowest BCUT2D eigenvalue weighted by atomic mass is 9.85. The van der Waals surface area contributed by atoms with Crippen LogP contribution in [0.3, 0.4) is 0 Å². The van der Waals surface area contributed by atoms with Gasteiger partial charge in [0.2, 0.25) is 0 Å². The molecule has 1 aromatic heterocycles. The second-order valence-electron chi connectivity index (χ2n) is 10.2. The standard InChI is InChI=1S/C27H28Cl2F2N4O6/c1-12-17(30)5-13(6-18(12)31)19-10-34(33-32-19)23-24(38)22(11-36)41-26(25(23)40-2)27(39)35(20-3-4-21(20)37)16-8-14(28)7-15(29)9-16/h5-10,20-26,36-38H,3-4,11H2,1-2H3/t20-,21-,22?,23?,24?,25?,26?/m1/s1. The van der Waals surface area contributed by atoms with Gasteiger partial charge in [0, 0.05) is 34.0 Å². The molecule has 2 fully saturated rings. The van der Waals surface area contributed by atoms with Crippen LogP contribution in [-0.2, 0) is 14.3 Å². The maximum atomic E-state index is 14.2. The third-order valence-electron chi connectivity index (χ3n) is 7.67. The molecule has 7 atom stereocenters. The van der Waals surface area contributed by atoms with E-state index in [0.717, 1.165) is 12.1 Å². The molecule has 0 radical (unpaired) electrons. The number of hydrogen-bond donors (Lipinski definition) is 3. The molecule has 10 nitrogen and oxygen atoms in total. The van der Waals surface area contributed by atoms with Crippen LogP contribution in [0.5, 0.6) is 0 Å². The SMILES string of the molecule is COC1C(C(=O)N(c2cc(Cl)cc(Cl)c2)[C@@H]2CC[C@H]2O)OC(CO)C(O)C1n1cc(-c2cc(F)c(C)c(F)c2)nn1. The number of carbonyl (C=O) groups is 1. The fourth-order valence-electron chi connectivity index (χ4n) is 5.27. The Bertz CT molecular complexity index is 1400. The van der Waals surface area contributed by atoms with Gasteiger partial charge in [-0.05, 0) is 50.1 Å². The van der Waals surface area contributed by atoms with E-state index >= 15 is 0 Å². The highest BCUT2D eigenvalue weighted by Crippen LogP contribution is 2.38. The van der Waals surface area contributed by atoms with Gasteiger partial charge in [-0.2, -0.15) is 0 Å². The number of anilines is 1. The first kappa shape index (κ1) is 29.8. The molecule has 2 aromatic carbocycles. The number of hydrogen-bond acceptors (Lipinski definition) is 8. The van der Waals surface area contributed by atoms with E-state index < -0.39 is 66.8 Å². The largest absolute Gasteiger partial charge is 0.394 e. The summed E-state index contributed by atoms with van der Waals surface area (Å²) in [5, 5.41) is 40.3. The lowest BCUT2D eigenvalue weighted by molar-refractivity contribution is -0.211.